The van der Waals surface area contributed by atoms with Gasteiger partial charge in [0.2, 0.25) is 5.91 Å². The Hall–Kier alpha value is -6.04. The van der Waals surface area contributed by atoms with Gasteiger partial charge in [0, 0.05) is 38.4 Å². The summed E-state index contributed by atoms with van der Waals surface area (Å²) in [5.74, 6) is -2.37. The molecule has 5 rings (SSSR count). The Labute approximate surface area is 353 Å². The van der Waals surface area contributed by atoms with Gasteiger partial charge in [0.1, 0.15) is 24.4 Å². The van der Waals surface area contributed by atoms with Gasteiger partial charge in [-0.15, -0.1) is 0 Å². The van der Waals surface area contributed by atoms with Crippen molar-refractivity contribution in [2.75, 3.05) is 20.8 Å². The molecule has 2 N–H and O–H groups in total. The summed E-state index contributed by atoms with van der Waals surface area (Å²) in [5, 5.41) is 5.88. The average molecular weight is 819 g/mol. The van der Waals surface area contributed by atoms with Crippen LogP contribution in [-0.2, 0) is 35.0 Å². The third-order valence-electron chi connectivity index (χ3n) is 11.1. The highest BCUT2D eigenvalue weighted by atomic mass is 16.6. The van der Waals surface area contributed by atoms with E-state index in [4.69, 9.17) is 14.2 Å². The molecule has 1 aliphatic rings. The number of likely N-dealkylation sites (N-methyl/N-ethyl adjacent to an activating group) is 1. The molecule has 1 heterocycles. The van der Waals surface area contributed by atoms with E-state index in [0.29, 0.717) is 31.4 Å². The van der Waals surface area contributed by atoms with Crippen molar-refractivity contribution >= 4 is 29.8 Å². The number of alkyl carbamates (subject to hydrolysis) is 1. The molecule has 0 radical (unpaired) electrons. The van der Waals surface area contributed by atoms with Crippen molar-refractivity contribution < 1.29 is 38.2 Å². The molecule has 0 saturated carbocycles. The van der Waals surface area contributed by atoms with E-state index in [0.717, 1.165) is 27.8 Å². The van der Waals surface area contributed by atoms with E-state index in [1.807, 2.05) is 87.5 Å². The van der Waals surface area contributed by atoms with Crippen LogP contribution in [0, 0.1) is 11.8 Å². The van der Waals surface area contributed by atoms with Crippen molar-refractivity contribution in [2.45, 2.75) is 96.9 Å². The maximum absolute atomic E-state index is 14.2. The number of nitrogens with zero attached hydrogens (tertiary/aromatic N) is 2. The number of rotatable bonds is 19. The van der Waals surface area contributed by atoms with Crippen LogP contribution in [0.15, 0.2) is 97.1 Å². The first-order chi connectivity index (χ1) is 28.8. The highest BCUT2D eigenvalue weighted by molar-refractivity contribution is 5.92. The second-order valence-corrected chi connectivity index (χ2v) is 15.9. The number of hydrogen-bond acceptors (Lipinski definition) is 9. The number of methoxy groups -OCH3 is 1. The number of benzene rings is 3. The van der Waals surface area contributed by atoms with E-state index in [2.05, 4.69) is 27.8 Å². The number of nitrogens with one attached hydrogen (secondary N) is 2. The molecule has 12 nitrogen and oxygen atoms in total. The number of hydrogen-bond donors (Lipinski definition) is 2. The van der Waals surface area contributed by atoms with Crippen molar-refractivity contribution in [1.29, 1.82) is 0 Å². The zero-order chi connectivity index (χ0) is 43.3. The van der Waals surface area contributed by atoms with Gasteiger partial charge in [0.25, 0.3) is 5.91 Å². The van der Waals surface area contributed by atoms with Gasteiger partial charge in [0.05, 0.1) is 18.7 Å². The number of fused-ring (bicyclic) bond motifs is 3. The molecule has 0 bridgehead atoms. The predicted molar refractivity (Wildman–Crippen MR) is 229 cm³/mol. The van der Waals surface area contributed by atoms with Gasteiger partial charge in [0.15, 0.2) is 0 Å². The molecule has 0 spiro atoms. The number of pyridine rings is 1. The number of carbonyl (C=O) groups excluding carboxylic acids is 5. The van der Waals surface area contributed by atoms with Gasteiger partial charge >= 0.3 is 18.0 Å². The second-order valence-electron chi connectivity index (χ2n) is 15.9. The van der Waals surface area contributed by atoms with E-state index in [1.54, 1.807) is 37.1 Å². The molecule has 0 saturated heterocycles. The highest BCUT2D eigenvalue weighted by Gasteiger charge is 2.34. The molecule has 318 valence electrons. The quantitative estimate of drug-likeness (QED) is 0.0713. The molecular weight excluding hydrogens is 761 g/mol. The molecule has 0 aliphatic heterocycles. The summed E-state index contributed by atoms with van der Waals surface area (Å²) in [6, 6.07) is 29.0. The van der Waals surface area contributed by atoms with Crippen LogP contribution < -0.4 is 10.6 Å². The Balaban J connectivity index is 1.28. The minimum atomic E-state index is -0.905. The number of ether oxygens (including phenoxy) is 3. The van der Waals surface area contributed by atoms with Crippen LogP contribution in [0.2, 0.25) is 0 Å². The number of amides is 3. The van der Waals surface area contributed by atoms with E-state index >= 15 is 0 Å². The first-order valence-corrected chi connectivity index (χ1v) is 20.8. The molecule has 5 atom stereocenters. The van der Waals surface area contributed by atoms with Crippen LogP contribution in [0.5, 0.6) is 0 Å². The Morgan fingerprint density at radius 2 is 1.43 bits per heavy atom. The fraction of sp³-hybridized carbons (Fsp3) is 0.417. The van der Waals surface area contributed by atoms with E-state index in [1.165, 1.54) is 14.0 Å². The third kappa shape index (κ3) is 11.6. The zero-order valence-electron chi connectivity index (χ0n) is 35.7. The summed E-state index contributed by atoms with van der Waals surface area (Å²) in [4.78, 5) is 72.4. The van der Waals surface area contributed by atoms with Gasteiger partial charge < -0.3 is 29.7 Å². The minimum absolute atomic E-state index is 0.101. The van der Waals surface area contributed by atoms with Gasteiger partial charge in [-0.25, -0.2) is 9.78 Å². The first-order valence-electron chi connectivity index (χ1n) is 20.8. The van der Waals surface area contributed by atoms with Crippen LogP contribution in [0.1, 0.15) is 105 Å². The van der Waals surface area contributed by atoms with E-state index in [9.17, 15) is 24.0 Å². The summed E-state index contributed by atoms with van der Waals surface area (Å²) in [7, 11) is 3.02. The van der Waals surface area contributed by atoms with Gasteiger partial charge in [-0.1, -0.05) is 119 Å². The van der Waals surface area contributed by atoms with Crippen molar-refractivity contribution in [2.24, 2.45) is 11.8 Å². The molecular formula is C48H58N4O8. The lowest BCUT2D eigenvalue weighted by atomic mass is 9.94. The van der Waals surface area contributed by atoms with Crippen LogP contribution in [-0.4, -0.2) is 78.6 Å². The Kier molecular flexibility index (Phi) is 16.0. The lowest BCUT2D eigenvalue weighted by molar-refractivity contribution is -0.149. The second kappa shape index (κ2) is 21.3. The van der Waals surface area contributed by atoms with Crippen LogP contribution >= 0.6 is 0 Å². The lowest BCUT2D eigenvalue weighted by Crippen LogP contribution is -2.52. The maximum atomic E-state index is 14.2. The van der Waals surface area contributed by atoms with Gasteiger partial charge in [-0.2, -0.15) is 0 Å². The molecule has 0 fully saturated rings. The Morgan fingerprint density at radius 3 is 2.03 bits per heavy atom. The average Bonchev–Trinajstić information content (AvgIpc) is 3.56. The fourth-order valence-electron chi connectivity index (χ4n) is 8.10. The topological polar surface area (TPSA) is 153 Å². The summed E-state index contributed by atoms with van der Waals surface area (Å²) in [5.41, 5.74) is 5.86. The highest BCUT2D eigenvalue weighted by Crippen LogP contribution is 2.44. The predicted octanol–water partition coefficient (Wildman–Crippen LogP) is 7.81. The molecule has 0 unspecified atom stereocenters. The van der Waals surface area contributed by atoms with Crippen LogP contribution in [0.4, 0.5) is 4.79 Å². The third-order valence-corrected chi connectivity index (χ3v) is 11.1. The molecule has 12 heteroatoms. The van der Waals surface area contributed by atoms with E-state index in [-0.39, 0.29) is 42.4 Å². The molecule has 3 aromatic carbocycles. The summed E-state index contributed by atoms with van der Waals surface area (Å²) in [6.07, 6.45) is 0.424. The standard InChI is InChI=1S/C48H58N4O8/c1-8-17-42(51-48(57)59-29-39-37-22-14-12-20-35(37)36-21-13-15-23-38(36)39)46(55)52(6)43(30(2)3)28-44(60-32(5)53)40-24-16-25-41(50-40)45(54)49-34(26-31(4)47(56)58-7)27-33-18-10-9-11-19-33/h9-16,18-25,30-31,34,39,42-44H,8,17,26-29H2,1-7H3,(H,49,54)(H,51,57)/t31-,34+,42-,43+,44+/m0/s1. The van der Waals surface area contributed by atoms with Crippen molar-refractivity contribution in [3.63, 3.8) is 0 Å². The Bertz CT molecular complexity index is 2060. The SMILES string of the molecule is CCC[C@H](NC(=O)OCC1c2ccccc2-c2ccccc21)C(=O)N(C)[C@H](C[C@@H](OC(C)=O)c1cccc(C(=O)N[C@@H](Cc2ccccc2)C[C@H](C)C(=O)OC)n1)C(C)C. The number of aromatic nitrogens is 1. The van der Waals surface area contributed by atoms with Crippen LogP contribution in [0.3, 0.4) is 0 Å². The molecule has 60 heavy (non-hydrogen) atoms. The maximum Gasteiger partial charge on any atom is 0.407 e. The smallest absolute Gasteiger partial charge is 0.407 e. The lowest BCUT2D eigenvalue weighted by Gasteiger charge is -2.36. The molecule has 4 aromatic rings. The summed E-state index contributed by atoms with van der Waals surface area (Å²) < 4.78 is 16.6. The normalized spacial score (nSPS) is 14.4. The summed E-state index contributed by atoms with van der Waals surface area (Å²) in [6.45, 7) is 9.04. The largest absolute Gasteiger partial charge is 0.469 e. The van der Waals surface area contributed by atoms with Crippen molar-refractivity contribution in [1.82, 2.24) is 20.5 Å². The van der Waals surface area contributed by atoms with Crippen molar-refractivity contribution in [3.8, 4) is 11.1 Å². The Morgan fingerprint density at radius 1 is 0.800 bits per heavy atom. The minimum Gasteiger partial charge on any atom is -0.469 e. The number of esters is 2. The van der Waals surface area contributed by atoms with Gasteiger partial charge in [-0.3, -0.25) is 19.2 Å². The van der Waals surface area contributed by atoms with E-state index < -0.39 is 48.1 Å². The monoisotopic (exact) mass is 818 g/mol. The number of carbonyl (C=O) groups is 5. The molecule has 3 amide bonds. The molecule has 1 aliphatic carbocycles. The fourth-order valence-corrected chi connectivity index (χ4v) is 8.10. The summed E-state index contributed by atoms with van der Waals surface area (Å²) >= 11 is 0. The van der Waals surface area contributed by atoms with Gasteiger partial charge in [-0.05, 0) is 65.1 Å². The van der Waals surface area contributed by atoms with Crippen molar-refractivity contribution in [3.05, 3.63) is 125 Å². The van der Waals surface area contributed by atoms with Crippen LogP contribution in [0.25, 0.3) is 11.1 Å². The zero-order valence-corrected chi connectivity index (χ0v) is 35.7. The molecule has 1 aromatic heterocycles. The first kappa shape index (κ1) is 45.1.